The van der Waals surface area contributed by atoms with Crippen molar-refractivity contribution in [1.29, 1.82) is 0 Å². The molecule has 4 heteroatoms. The Bertz CT molecular complexity index is 314. The van der Waals surface area contributed by atoms with Crippen molar-refractivity contribution in [1.82, 2.24) is 5.32 Å². The maximum absolute atomic E-state index is 5.54. The molecule has 0 aliphatic heterocycles. The van der Waals surface area contributed by atoms with Gasteiger partial charge in [-0.3, -0.25) is 0 Å². The lowest BCUT2D eigenvalue weighted by molar-refractivity contribution is 0.107. The molecule has 17 heavy (non-hydrogen) atoms. The maximum Gasteiger partial charge on any atom is 0.0489 e. The molecule has 0 aliphatic carbocycles. The van der Waals surface area contributed by atoms with Gasteiger partial charge in [0, 0.05) is 28.6 Å². The van der Waals surface area contributed by atoms with Gasteiger partial charge in [-0.25, -0.2) is 0 Å². The number of nitrogens with one attached hydrogen (secondary N) is 1. The van der Waals surface area contributed by atoms with Gasteiger partial charge in [0.25, 0.3) is 0 Å². The zero-order valence-electron chi connectivity index (χ0n) is 10.8. The van der Waals surface area contributed by atoms with Gasteiger partial charge in [0.2, 0.25) is 0 Å². The molecule has 1 heterocycles. The van der Waals surface area contributed by atoms with Gasteiger partial charge < -0.3 is 10.1 Å². The summed E-state index contributed by atoms with van der Waals surface area (Å²) in [6.07, 6.45) is 1.07. The Labute approximate surface area is 117 Å². The quantitative estimate of drug-likeness (QED) is 0.724. The van der Waals surface area contributed by atoms with Gasteiger partial charge in [0.15, 0.2) is 0 Å². The molecule has 0 aromatic carbocycles. The summed E-state index contributed by atoms with van der Waals surface area (Å²) >= 11 is 5.35. The van der Waals surface area contributed by atoms with E-state index in [4.69, 9.17) is 4.74 Å². The zero-order chi connectivity index (χ0) is 12.7. The number of hydrogen-bond donors (Lipinski definition) is 1. The Hall–Kier alpha value is 0.100. The van der Waals surface area contributed by atoms with Gasteiger partial charge in [-0.05, 0) is 53.2 Å². The fourth-order valence-electron chi connectivity index (χ4n) is 1.52. The second-order valence-electron chi connectivity index (χ2n) is 4.63. The van der Waals surface area contributed by atoms with E-state index < -0.39 is 0 Å². The van der Waals surface area contributed by atoms with Crippen LogP contribution in [0.4, 0.5) is 0 Å². The van der Waals surface area contributed by atoms with Crippen LogP contribution in [-0.4, -0.2) is 19.8 Å². The summed E-state index contributed by atoms with van der Waals surface area (Å²) in [4.78, 5) is 1.37. The highest BCUT2D eigenvalue weighted by molar-refractivity contribution is 9.10. The molecule has 1 atom stereocenters. The van der Waals surface area contributed by atoms with Crippen molar-refractivity contribution in [3.8, 4) is 0 Å². The lowest BCUT2D eigenvalue weighted by Gasteiger charge is -2.13. The van der Waals surface area contributed by atoms with Crippen molar-refractivity contribution in [2.75, 3.05) is 19.8 Å². The summed E-state index contributed by atoms with van der Waals surface area (Å²) < 4.78 is 6.75. The SMILES string of the molecule is CC(C)COCCCNC(C)c1sccc1Br. The smallest absolute Gasteiger partial charge is 0.0489 e. The van der Waals surface area contributed by atoms with Gasteiger partial charge in [-0.1, -0.05) is 13.8 Å². The number of hydrogen-bond acceptors (Lipinski definition) is 3. The molecule has 1 N–H and O–H groups in total. The second kappa shape index (κ2) is 8.25. The first-order valence-corrected chi connectivity index (χ1v) is 7.82. The van der Waals surface area contributed by atoms with E-state index in [0.717, 1.165) is 26.2 Å². The molecular formula is C13H22BrNOS. The van der Waals surface area contributed by atoms with Gasteiger partial charge in [-0.15, -0.1) is 11.3 Å². The first kappa shape index (κ1) is 15.2. The molecule has 1 rings (SSSR count). The molecule has 0 fully saturated rings. The van der Waals surface area contributed by atoms with Crippen molar-refractivity contribution < 1.29 is 4.74 Å². The van der Waals surface area contributed by atoms with E-state index in [9.17, 15) is 0 Å². The zero-order valence-corrected chi connectivity index (χ0v) is 13.2. The first-order valence-electron chi connectivity index (χ1n) is 6.15. The van der Waals surface area contributed by atoms with Crippen LogP contribution in [0.3, 0.4) is 0 Å². The van der Waals surface area contributed by atoms with Gasteiger partial charge in [0.05, 0.1) is 0 Å². The average molecular weight is 320 g/mol. The van der Waals surface area contributed by atoms with E-state index in [-0.39, 0.29) is 0 Å². The Balaban J connectivity index is 2.09. The Kier molecular flexibility index (Phi) is 7.35. The van der Waals surface area contributed by atoms with E-state index in [1.807, 2.05) is 0 Å². The van der Waals surface area contributed by atoms with Crippen LogP contribution in [0.25, 0.3) is 0 Å². The molecule has 0 radical (unpaired) electrons. The molecular weight excluding hydrogens is 298 g/mol. The van der Waals surface area contributed by atoms with E-state index in [1.165, 1.54) is 9.35 Å². The average Bonchev–Trinajstić information content (AvgIpc) is 2.69. The van der Waals surface area contributed by atoms with Crippen LogP contribution >= 0.6 is 27.3 Å². The number of halogens is 1. The molecule has 0 saturated carbocycles. The largest absolute Gasteiger partial charge is 0.381 e. The fraction of sp³-hybridized carbons (Fsp3) is 0.692. The third kappa shape index (κ3) is 6.00. The van der Waals surface area contributed by atoms with Gasteiger partial charge in [-0.2, -0.15) is 0 Å². The van der Waals surface area contributed by atoms with E-state index >= 15 is 0 Å². The van der Waals surface area contributed by atoms with Gasteiger partial charge >= 0.3 is 0 Å². The topological polar surface area (TPSA) is 21.3 Å². The van der Waals surface area contributed by atoms with Crippen molar-refractivity contribution in [2.24, 2.45) is 5.92 Å². The van der Waals surface area contributed by atoms with Crippen molar-refractivity contribution in [3.05, 3.63) is 20.8 Å². The summed E-state index contributed by atoms with van der Waals surface area (Å²) in [5, 5.41) is 5.63. The van der Waals surface area contributed by atoms with Crippen LogP contribution in [0.2, 0.25) is 0 Å². The predicted molar refractivity (Wildman–Crippen MR) is 78.7 cm³/mol. The van der Waals surface area contributed by atoms with Crippen LogP contribution in [0.15, 0.2) is 15.9 Å². The molecule has 1 unspecified atom stereocenters. The van der Waals surface area contributed by atoms with E-state index in [0.29, 0.717) is 12.0 Å². The minimum absolute atomic E-state index is 0.412. The van der Waals surface area contributed by atoms with Crippen molar-refractivity contribution >= 4 is 27.3 Å². The van der Waals surface area contributed by atoms with Crippen LogP contribution < -0.4 is 5.32 Å². The van der Waals surface area contributed by atoms with Gasteiger partial charge in [0.1, 0.15) is 0 Å². The number of thiophene rings is 1. The molecule has 0 saturated heterocycles. The molecule has 2 nitrogen and oxygen atoms in total. The lowest BCUT2D eigenvalue weighted by Crippen LogP contribution is -2.20. The summed E-state index contributed by atoms with van der Waals surface area (Å²) in [5.41, 5.74) is 0. The minimum Gasteiger partial charge on any atom is -0.381 e. The maximum atomic E-state index is 5.54. The van der Waals surface area contributed by atoms with E-state index in [2.05, 4.69) is 53.5 Å². The molecule has 1 aromatic heterocycles. The molecule has 0 spiro atoms. The lowest BCUT2D eigenvalue weighted by atomic mass is 10.2. The molecule has 1 aromatic rings. The number of ether oxygens (including phenoxy) is 1. The molecule has 98 valence electrons. The Morgan fingerprint density at radius 1 is 1.41 bits per heavy atom. The predicted octanol–water partition coefficient (Wildman–Crippen LogP) is 4.22. The normalized spacial score (nSPS) is 13.2. The Morgan fingerprint density at radius 2 is 2.18 bits per heavy atom. The molecule has 0 bridgehead atoms. The minimum atomic E-state index is 0.412. The highest BCUT2D eigenvalue weighted by Crippen LogP contribution is 2.28. The number of rotatable bonds is 8. The summed E-state index contributed by atoms with van der Waals surface area (Å²) in [6.45, 7) is 9.27. The highest BCUT2D eigenvalue weighted by atomic mass is 79.9. The third-order valence-corrected chi connectivity index (χ3v) is 4.46. The van der Waals surface area contributed by atoms with Crippen LogP contribution in [0.5, 0.6) is 0 Å². The summed E-state index contributed by atoms with van der Waals surface area (Å²) in [7, 11) is 0. The Morgan fingerprint density at radius 3 is 2.76 bits per heavy atom. The van der Waals surface area contributed by atoms with E-state index in [1.54, 1.807) is 11.3 Å². The standard InChI is InChI=1S/C13H22BrNOS/c1-10(2)9-16-7-4-6-15-11(3)13-12(14)5-8-17-13/h5,8,10-11,15H,4,6-7,9H2,1-3H3. The first-order chi connectivity index (χ1) is 8.11. The fourth-order valence-corrected chi connectivity index (χ4v) is 3.27. The van der Waals surface area contributed by atoms with Crippen LogP contribution in [-0.2, 0) is 4.74 Å². The van der Waals surface area contributed by atoms with Crippen molar-refractivity contribution in [3.63, 3.8) is 0 Å². The van der Waals surface area contributed by atoms with Crippen LogP contribution in [0.1, 0.15) is 38.1 Å². The molecule has 0 amide bonds. The summed E-state index contributed by atoms with van der Waals surface area (Å²) in [5.74, 6) is 0.629. The monoisotopic (exact) mass is 319 g/mol. The second-order valence-corrected chi connectivity index (χ2v) is 6.43. The third-order valence-electron chi connectivity index (χ3n) is 2.41. The molecule has 0 aliphatic rings. The van der Waals surface area contributed by atoms with Crippen molar-refractivity contribution in [2.45, 2.75) is 33.2 Å². The summed E-state index contributed by atoms with van der Waals surface area (Å²) in [6, 6.07) is 2.51. The highest BCUT2D eigenvalue weighted by Gasteiger charge is 2.09. The van der Waals surface area contributed by atoms with Crippen LogP contribution in [0, 0.1) is 5.92 Å².